The summed E-state index contributed by atoms with van der Waals surface area (Å²) in [6.07, 6.45) is 9.70. The molecule has 4 N–H and O–H groups in total. The summed E-state index contributed by atoms with van der Waals surface area (Å²) in [6, 6.07) is 27.8. The first-order valence-electron chi connectivity index (χ1n) is 26.0. The number of nitrogens with zero attached hydrogens (tertiary/aromatic N) is 5. The number of anilines is 2. The molecule has 1 atom stereocenters. The Labute approximate surface area is 446 Å². The molecule has 0 bridgehead atoms. The lowest BCUT2D eigenvalue weighted by Crippen LogP contribution is -2.54. The number of rotatable bonds is 25. The van der Waals surface area contributed by atoms with Gasteiger partial charge in [-0.3, -0.25) is 43.9 Å². The summed E-state index contributed by atoms with van der Waals surface area (Å²) < 4.78 is 24.6. The number of nitrogens with one attached hydrogen (secondary N) is 4. The van der Waals surface area contributed by atoms with Gasteiger partial charge in [-0.1, -0.05) is 30.3 Å². The zero-order valence-corrected chi connectivity index (χ0v) is 43.0. The second-order valence-corrected chi connectivity index (χ2v) is 19.0. The van der Waals surface area contributed by atoms with Crippen molar-refractivity contribution >= 4 is 47.1 Å². The molecule has 0 spiro atoms. The van der Waals surface area contributed by atoms with E-state index in [2.05, 4.69) is 32.3 Å². The fourth-order valence-corrected chi connectivity index (χ4v) is 9.46. The van der Waals surface area contributed by atoms with E-state index in [4.69, 9.17) is 24.2 Å². The number of imide groups is 2. The van der Waals surface area contributed by atoms with Crippen LogP contribution in [-0.2, 0) is 37.4 Å². The number of unbranched alkanes of at least 4 members (excludes halogenated alkanes) is 2. The minimum absolute atomic E-state index is 0.00993. The van der Waals surface area contributed by atoms with Crippen molar-refractivity contribution in [2.45, 2.75) is 88.9 Å². The highest BCUT2D eigenvalue weighted by atomic mass is 16.5. The first-order valence-corrected chi connectivity index (χ1v) is 26.0. The molecule has 1 saturated heterocycles. The predicted molar refractivity (Wildman–Crippen MR) is 284 cm³/mol. The van der Waals surface area contributed by atoms with E-state index in [-0.39, 0.29) is 60.0 Å². The van der Waals surface area contributed by atoms with Gasteiger partial charge in [-0.05, 0) is 129 Å². The molecule has 4 heterocycles. The highest BCUT2D eigenvalue weighted by molar-refractivity contribution is 6.24. The SMILES string of the molecule is Cn1cc(-c2ccc(N(C(=O)NCc3ccc(OCCOCCCCOCCCCNC(=O)COc4cccc5c4C(=O)N(C4CCC(=O)NC4=O)C5=O)cc3)C3CCC(Nc4ccc(C#N)cn4)CC3)cc2)ccc1=O. The van der Waals surface area contributed by atoms with E-state index in [1.807, 2.05) is 59.5 Å². The van der Waals surface area contributed by atoms with Crippen LogP contribution in [0.1, 0.15) is 96.1 Å². The van der Waals surface area contributed by atoms with Crippen LogP contribution < -0.4 is 41.2 Å². The van der Waals surface area contributed by atoms with Gasteiger partial charge < -0.3 is 39.5 Å². The molecule has 1 unspecified atom stereocenters. The van der Waals surface area contributed by atoms with E-state index >= 15 is 0 Å². The number of pyridine rings is 2. The number of aromatic nitrogens is 2. The van der Waals surface area contributed by atoms with Crippen LogP contribution in [0.3, 0.4) is 0 Å². The molecule has 77 heavy (non-hydrogen) atoms. The second-order valence-electron chi connectivity index (χ2n) is 19.0. The molecule has 2 aliphatic heterocycles. The first kappa shape index (κ1) is 54.8. The number of urea groups is 1. The van der Waals surface area contributed by atoms with Crippen molar-refractivity contribution in [2.24, 2.45) is 7.05 Å². The maximum atomic E-state index is 14.1. The number of fused-ring (bicyclic) bond motifs is 1. The summed E-state index contributed by atoms with van der Waals surface area (Å²) in [4.78, 5) is 95.9. The maximum Gasteiger partial charge on any atom is 0.322 e. The van der Waals surface area contributed by atoms with Gasteiger partial charge in [0.1, 0.15) is 36.0 Å². The van der Waals surface area contributed by atoms with Crippen LogP contribution >= 0.6 is 0 Å². The van der Waals surface area contributed by atoms with Crippen LogP contribution in [0, 0.1) is 11.3 Å². The number of carbonyl (C=O) groups excluding carboxylic acids is 6. The van der Waals surface area contributed by atoms with E-state index in [1.165, 1.54) is 18.2 Å². The summed E-state index contributed by atoms with van der Waals surface area (Å²) in [5.41, 5.74) is 4.01. The molecule has 402 valence electrons. The number of aryl methyl sites for hydroxylation is 1. The lowest BCUT2D eigenvalue weighted by atomic mass is 9.89. The Bertz CT molecular complexity index is 2990. The fourth-order valence-electron chi connectivity index (χ4n) is 9.46. The highest BCUT2D eigenvalue weighted by Crippen LogP contribution is 2.34. The molecular weight excluding hydrogens is 987 g/mol. The third kappa shape index (κ3) is 14.7. The lowest BCUT2D eigenvalue weighted by Gasteiger charge is -2.37. The largest absolute Gasteiger partial charge is 0.491 e. The molecule has 2 aromatic heterocycles. The normalized spacial score (nSPS) is 17.0. The van der Waals surface area contributed by atoms with Gasteiger partial charge in [0.2, 0.25) is 17.4 Å². The zero-order chi connectivity index (χ0) is 54.1. The van der Waals surface area contributed by atoms with Crippen molar-refractivity contribution in [1.82, 2.24) is 30.4 Å². The van der Waals surface area contributed by atoms with Gasteiger partial charge in [0.15, 0.2) is 6.61 Å². The van der Waals surface area contributed by atoms with E-state index in [0.717, 1.165) is 78.0 Å². The Kier molecular flexibility index (Phi) is 19.1. The lowest BCUT2D eigenvalue weighted by molar-refractivity contribution is -0.136. The molecule has 7 amide bonds. The van der Waals surface area contributed by atoms with Gasteiger partial charge in [0.25, 0.3) is 17.7 Å². The van der Waals surface area contributed by atoms with E-state index in [1.54, 1.807) is 42.2 Å². The summed E-state index contributed by atoms with van der Waals surface area (Å²) >= 11 is 0. The van der Waals surface area contributed by atoms with Crippen molar-refractivity contribution in [3.63, 3.8) is 0 Å². The van der Waals surface area contributed by atoms with Crippen molar-refractivity contribution in [2.75, 3.05) is 56.4 Å². The second kappa shape index (κ2) is 26.9. The minimum atomic E-state index is -1.10. The van der Waals surface area contributed by atoms with Gasteiger partial charge in [-0.15, -0.1) is 0 Å². The molecule has 1 saturated carbocycles. The van der Waals surface area contributed by atoms with E-state index in [9.17, 15) is 33.6 Å². The molecule has 20 nitrogen and oxygen atoms in total. The zero-order valence-electron chi connectivity index (χ0n) is 43.0. The molecule has 3 aliphatic rings. The number of carbonyl (C=O) groups is 6. The van der Waals surface area contributed by atoms with Gasteiger partial charge >= 0.3 is 6.03 Å². The summed E-state index contributed by atoms with van der Waals surface area (Å²) in [7, 11) is 1.72. The van der Waals surface area contributed by atoms with Crippen LogP contribution in [0.2, 0.25) is 0 Å². The standard InChI is InChI=1S/C57H63N9O11/c1-64-36-41(14-26-52(64)69)40-12-17-43(18-13-40)65(44-19-15-42(16-20-44)62-49-24-11-39(33-58)35-60-49)57(73)61-34-38-9-21-45(22-10-38)76-32-31-75-30-5-4-29-74-28-3-2-27-59-51(68)37-77-48-8-6-7-46-53(48)56(72)66(55(46)71)47-23-25-50(67)63-54(47)70/h6-14,17-18,21-22,24,26,35-36,42,44,47H,2-5,15-16,19-20,23,25,27-32,34,37H2,1H3,(H,59,68)(H,60,62)(H,61,73)(H,63,67,70). The number of piperidine rings is 1. The van der Waals surface area contributed by atoms with Crippen LogP contribution in [0.4, 0.5) is 16.3 Å². The summed E-state index contributed by atoms with van der Waals surface area (Å²) in [5, 5.41) is 20.7. The molecule has 0 radical (unpaired) electrons. The molecule has 20 heteroatoms. The first-order chi connectivity index (χ1) is 37.4. The Hall–Kier alpha value is -8.41. The third-order valence-electron chi connectivity index (χ3n) is 13.6. The monoisotopic (exact) mass is 1050 g/mol. The summed E-state index contributed by atoms with van der Waals surface area (Å²) in [5.74, 6) is -1.44. The average molecular weight is 1050 g/mol. The fraction of sp³-hybridized carbons (Fsp3) is 0.386. The van der Waals surface area contributed by atoms with Gasteiger partial charge in [-0.2, -0.15) is 5.26 Å². The van der Waals surface area contributed by atoms with E-state index < -0.39 is 35.6 Å². The van der Waals surface area contributed by atoms with Crippen molar-refractivity contribution in [3.05, 3.63) is 136 Å². The van der Waals surface area contributed by atoms with Crippen LogP contribution in [-0.4, -0.2) is 114 Å². The number of hydrogen-bond acceptors (Lipinski definition) is 14. The van der Waals surface area contributed by atoms with Crippen LogP contribution in [0.25, 0.3) is 11.1 Å². The Morgan fingerprint density at radius 2 is 1.49 bits per heavy atom. The van der Waals surface area contributed by atoms with E-state index in [0.29, 0.717) is 63.9 Å². The molecule has 5 aromatic rings. The number of nitriles is 1. The van der Waals surface area contributed by atoms with Crippen molar-refractivity contribution in [3.8, 4) is 28.7 Å². The highest BCUT2D eigenvalue weighted by Gasteiger charge is 2.46. The Morgan fingerprint density at radius 1 is 0.766 bits per heavy atom. The molecule has 1 aliphatic carbocycles. The maximum absolute atomic E-state index is 14.1. The average Bonchev–Trinajstić information content (AvgIpc) is 3.74. The topological polar surface area (TPSA) is 253 Å². The van der Waals surface area contributed by atoms with Gasteiger partial charge in [0.05, 0.1) is 23.3 Å². The summed E-state index contributed by atoms with van der Waals surface area (Å²) in [6.45, 7) is 2.85. The minimum Gasteiger partial charge on any atom is -0.491 e. The van der Waals surface area contributed by atoms with Crippen molar-refractivity contribution in [1.29, 1.82) is 5.26 Å². The van der Waals surface area contributed by atoms with Crippen LogP contribution in [0.5, 0.6) is 11.5 Å². The van der Waals surface area contributed by atoms with Gasteiger partial charge in [0, 0.05) is 82.6 Å². The molecular formula is C57H63N9O11. The quantitative estimate of drug-likeness (QED) is 0.0385. The Balaban J connectivity index is 0.677. The third-order valence-corrected chi connectivity index (χ3v) is 13.6. The number of ether oxygens (including phenoxy) is 4. The molecule has 2 fully saturated rings. The number of amides is 7. The molecule has 8 rings (SSSR count). The Morgan fingerprint density at radius 3 is 2.19 bits per heavy atom. The predicted octanol–water partition coefficient (Wildman–Crippen LogP) is 6.03. The van der Waals surface area contributed by atoms with Gasteiger partial charge in [-0.25, -0.2) is 9.78 Å². The number of benzene rings is 3. The molecule has 3 aromatic carbocycles. The van der Waals surface area contributed by atoms with Crippen molar-refractivity contribution < 1.29 is 47.7 Å². The van der Waals surface area contributed by atoms with Crippen LogP contribution in [0.15, 0.2) is 108 Å². The number of hydrogen-bond donors (Lipinski definition) is 4. The smallest absolute Gasteiger partial charge is 0.322 e.